The quantitative estimate of drug-likeness (QED) is 0.459. The van der Waals surface area contributed by atoms with Crippen LogP contribution in [0.15, 0.2) is 0 Å². The van der Waals surface area contributed by atoms with Gasteiger partial charge in [0.1, 0.15) is 0 Å². The van der Waals surface area contributed by atoms with Gasteiger partial charge in [0, 0.05) is 13.1 Å². The highest BCUT2D eigenvalue weighted by Gasteiger charge is 2.34. The first kappa shape index (κ1) is 14.2. The predicted octanol–water partition coefficient (Wildman–Crippen LogP) is 0.469. The van der Waals surface area contributed by atoms with Crippen molar-refractivity contribution >= 4 is 15.6 Å². The monoisotopic (exact) mass is 249 g/mol. The molecule has 0 heterocycles. The summed E-state index contributed by atoms with van der Waals surface area (Å²) in [4.78, 5) is 25.4. The van der Waals surface area contributed by atoms with E-state index in [1.807, 2.05) is 0 Å². The highest BCUT2D eigenvalue weighted by molar-refractivity contribution is 7.60. The molecule has 0 aromatic rings. The van der Waals surface area contributed by atoms with Gasteiger partial charge in [-0.25, -0.2) is 9.13 Å². The predicted molar refractivity (Wildman–Crippen MR) is 47.0 cm³/mol. The van der Waals surface area contributed by atoms with Gasteiger partial charge in [-0.05, 0) is 0 Å². The van der Waals surface area contributed by atoms with Crippen LogP contribution in [0.5, 0.6) is 0 Å². The third-order valence-corrected chi connectivity index (χ3v) is 3.25. The van der Waals surface area contributed by atoms with E-state index in [1.54, 1.807) is 13.8 Å². The molecule has 0 amide bonds. The van der Waals surface area contributed by atoms with Crippen LogP contribution in [-0.4, -0.2) is 32.8 Å². The number of rotatable bonds is 6. The second-order valence-corrected chi connectivity index (χ2v) is 4.97. The molecular weight excluding hydrogens is 236 g/mol. The summed E-state index contributed by atoms with van der Waals surface area (Å²) in [5.74, 6) is 0. The maximum absolute atomic E-state index is 10.9. The fourth-order valence-corrected chi connectivity index (χ4v) is 2.35. The molecule has 0 aliphatic rings. The lowest BCUT2D eigenvalue weighted by Crippen LogP contribution is -2.22. The molecule has 0 aliphatic heterocycles. The SMILES string of the molecule is CCN(CC)OP(=O)(O)OP(=O)(O)O. The van der Waals surface area contributed by atoms with Crippen LogP contribution in [0.4, 0.5) is 0 Å². The van der Waals surface area contributed by atoms with E-state index in [0.717, 1.165) is 5.06 Å². The Bertz CT molecular complexity index is 258. The van der Waals surface area contributed by atoms with Gasteiger partial charge in [-0.1, -0.05) is 13.8 Å². The molecule has 3 N–H and O–H groups in total. The molecule has 10 heteroatoms. The van der Waals surface area contributed by atoms with Crippen LogP contribution in [0.1, 0.15) is 13.8 Å². The fraction of sp³-hybridized carbons (Fsp3) is 1.00. The summed E-state index contributed by atoms with van der Waals surface area (Å²) in [7, 11) is -9.77. The molecule has 0 bridgehead atoms. The highest BCUT2D eigenvalue weighted by atomic mass is 31.3. The molecule has 0 spiro atoms. The van der Waals surface area contributed by atoms with Gasteiger partial charge < -0.3 is 14.7 Å². The number of phosphoric acid groups is 2. The summed E-state index contributed by atoms with van der Waals surface area (Å²) >= 11 is 0. The average molecular weight is 249 g/mol. The Morgan fingerprint density at radius 2 is 1.57 bits per heavy atom. The second kappa shape index (κ2) is 5.34. The van der Waals surface area contributed by atoms with E-state index in [-0.39, 0.29) is 13.1 Å². The Balaban J connectivity index is 4.34. The van der Waals surface area contributed by atoms with Crippen molar-refractivity contribution in [3.8, 4) is 0 Å². The lowest BCUT2D eigenvalue weighted by molar-refractivity contribution is -0.0718. The van der Waals surface area contributed by atoms with Crippen LogP contribution in [0, 0.1) is 0 Å². The Morgan fingerprint density at radius 1 is 1.14 bits per heavy atom. The zero-order valence-electron chi connectivity index (χ0n) is 7.73. The van der Waals surface area contributed by atoms with E-state index >= 15 is 0 Å². The minimum Gasteiger partial charge on any atom is -0.302 e. The molecule has 0 aromatic heterocycles. The Labute approximate surface area is 81.3 Å². The van der Waals surface area contributed by atoms with Gasteiger partial charge in [-0.2, -0.15) is 14.0 Å². The number of nitrogens with zero attached hydrogens (tertiary/aromatic N) is 1. The van der Waals surface area contributed by atoms with Crippen molar-refractivity contribution in [1.29, 1.82) is 0 Å². The van der Waals surface area contributed by atoms with Crippen LogP contribution in [0.3, 0.4) is 0 Å². The van der Waals surface area contributed by atoms with Crippen molar-refractivity contribution in [2.75, 3.05) is 13.1 Å². The second-order valence-electron chi connectivity index (χ2n) is 2.24. The summed E-state index contributed by atoms with van der Waals surface area (Å²) in [6.07, 6.45) is 0. The van der Waals surface area contributed by atoms with Crippen LogP contribution in [0.25, 0.3) is 0 Å². The topological polar surface area (TPSA) is 117 Å². The van der Waals surface area contributed by atoms with Crippen LogP contribution >= 0.6 is 15.6 Å². The van der Waals surface area contributed by atoms with Gasteiger partial charge in [-0.3, -0.25) is 0 Å². The third kappa shape index (κ3) is 6.64. The Kier molecular flexibility index (Phi) is 5.43. The molecule has 0 rings (SSSR count). The van der Waals surface area contributed by atoms with Crippen LogP contribution in [0.2, 0.25) is 0 Å². The first-order valence-electron chi connectivity index (χ1n) is 3.74. The van der Waals surface area contributed by atoms with Crippen molar-refractivity contribution in [2.24, 2.45) is 0 Å². The Morgan fingerprint density at radius 3 is 1.86 bits per heavy atom. The smallest absolute Gasteiger partial charge is 0.302 e. The average Bonchev–Trinajstić information content (AvgIpc) is 1.95. The van der Waals surface area contributed by atoms with Gasteiger partial charge >= 0.3 is 15.6 Å². The third-order valence-electron chi connectivity index (χ3n) is 1.13. The Hall–Kier alpha value is 0.220. The van der Waals surface area contributed by atoms with Gasteiger partial charge in [0.05, 0.1) is 0 Å². The van der Waals surface area contributed by atoms with Gasteiger partial charge in [0.25, 0.3) is 0 Å². The standard InChI is InChI=1S/C4H13NO7P2/c1-3-5(4-2)11-14(9,10)12-13(6,7)8/h3-4H2,1-2H3,(H,9,10)(H2,6,7,8). The minimum absolute atomic E-state index is 0.283. The molecule has 1 unspecified atom stereocenters. The molecule has 1 atom stereocenters. The van der Waals surface area contributed by atoms with E-state index in [4.69, 9.17) is 14.7 Å². The minimum atomic E-state index is -5.03. The first-order valence-corrected chi connectivity index (χ1v) is 6.77. The van der Waals surface area contributed by atoms with Crippen molar-refractivity contribution in [3.63, 3.8) is 0 Å². The molecule has 0 aromatic carbocycles. The molecule has 0 fully saturated rings. The van der Waals surface area contributed by atoms with Crippen molar-refractivity contribution in [1.82, 2.24) is 5.06 Å². The first-order chi connectivity index (χ1) is 6.20. The summed E-state index contributed by atoms with van der Waals surface area (Å²) < 4.78 is 29.1. The van der Waals surface area contributed by atoms with E-state index in [0.29, 0.717) is 0 Å². The van der Waals surface area contributed by atoms with Crippen molar-refractivity contribution in [2.45, 2.75) is 13.8 Å². The molecule has 0 radical (unpaired) electrons. The lowest BCUT2D eigenvalue weighted by Gasteiger charge is -2.20. The van der Waals surface area contributed by atoms with E-state index in [1.165, 1.54) is 0 Å². The molecular formula is C4H13NO7P2. The van der Waals surface area contributed by atoms with Crippen molar-refractivity contribution in [3.05, 3.63) is 0 Å². The van der Waals surface area contributed by atoms with Gasteiger partial charge in [-0.15, -0.1) is 0 Å². The molecule has 0 saturated carbocycles. The number of hydrogen-bond acceptors (Lipinski definition) is 5. The lowest BCUT2D eigenvalue weighted by atomic mass is 10.6. The molecule has 86 valence electrons. The fourth-order valence-electron chi connectivity index (χ4n) is 0.634. The summed E-state index contributed by atoms with van der Waals surface area (Å²) in [5, 5.41) is 1.04. The largest absolute Gasteiger partial charge is 0.497 e. The zero-order valence-corrected chi connectivity index (χ0v) is 9.52. The van der Waals surface area contributed by atoms with Crippen LogP contribution in [-0.2, 0) is 18.1 Å². The number of hydroxylamine groups is 2. The maximum atomic E-state index is 10.9. The van der Waals surface area contributed by atoms with Gasteiger partial charge in [0.2, 0.25) is 0 Å². The molecule has 8 nitrogen and oxygen atoms in total. The molecule has 14 heavy (non-hydrogen) atoms. The van der Waals surface area contributed by atoms with E-state index in [2.05, 4.69) is 8.94 Å². The zero-order chi connectivity index (χ0) is 11.4. The summed E-state index contributed by atoms with van der Waals surface area (Å²) in [6, 6.07) is 0. The molecule has 0 saturated heterocycles. The normalized spacial score (nSPS) is 17.0. The van der Waals surface area contributed by atoms with E-state index < -0.39 is 15.6 Å². The molecule has 0 aliphatic carbocycles. The summed E-state index contributed by atoms with van der Waals surface area (Å²) in [5.41, 5.74) is 0. The highest BCUT2D eigenvalue weighted by Crippen LogP contribution is 2.57. The van der Waals surface area contributed by atoms with E-state index in [9.17, 15) is 9.13 Å². The van der Waals surface area contributed by atoms with Crippen molar-refractivity contribution < 1.29 is 32.7 Å². The summed E-state index contributed by atoms with van der Waals surface area (Å²) in [6.45, 7) is 3.85. The van der Waals surface area contributed by atoms with Crippen LogP contribution < -0.4 is 0 Å². The number of hydrogen-bond donors (Lipinski definition) is 3. The van der Waals surface area contributed by atoms with Gasteiger partial charge in [0.15, 0.2) is 0 Å². The maximum Gasteiger partial charge on any atom is 0.497 e.